The van der Waals surface area contributed by atoms with Gasteiger partial charge in [-0.25, -0.2) is 4.79 Å². The molecular weight excluding hydrogens is 438 g/mol. The molecule has 182 valence electrons. The van der Waals surface area contributed by atoms with Gasteiger partial charge in [-0.05, 0) is 6.42 Å². The van der Waals surface area contributed by atoms with Crippen molar-refractivity contribution >= 4 is 29.7 Å². The lowest BCUT2D eigenvalue weighted by Gasteiger charge is -2.39. The van der Waals surface area contributed by atoms with Gasteiger partial charge in [-0.3, -0.25) is 19.2 Å². The Morgan fingerprint density at radius 3 is 2.00 bits per heavy atom. The quantitative estimate of drug-likeness (QED) is 0.131. The van der Waals surface area contributed by atoms with E-state index in [1.807, 2.05) is 5.32 Å². The molecule has 3 amide bonds. The second-order valence-electron chi connectivity index (χ2n) is 7.19. The summed E-state index contributed by atoms with van der Waals surface area (Å²) >= 11 is 0. The normalized spacial score (nSPS) is 27.1. The molecule has 0 aromatic carbocycles. The number of carboxylic acids is 2. The number of carbonyl (C=O) groups excluding carboxylic acids is 3. The minimum Gasteiger partial charge on any atom is -0.481 e. The fourth-order valence-corrected chi connectivity index (χ4v) is 2.99. The Balaban J connectivity index is 2.87. The first kappa shape index (κ1) is 27.2. The van der Waals surface area contributed by atoms with E-state index in [4.69, 9.17) is 20.7 Å². The lowest BCUT2D eigenvalue weighted by atomic mass is 9.93. The van der Waals surface area contributed by atoms with Crippen LogP contribution in [0.3, 0.4) is 0 Å². The van der Waals surface area contributed by atoms with E-state index >= 15 is 0 Å². The van der Waals surface area contributed by atoms with E-state index in [-0.39, 0.29) is 0 Å². The monoisotopic (exact) mass is 465 g/mol. The standard InChI is InChI=1S/C17H27N3O12/c18-10(22)3-7(17(30)31)20-16(29)6(1-2-12(24)25)19-11(23)4-8-13(26)15(28)14(27)9(5-21)32-8/h6-9,13-15,21,26-28H,1-5H2,(H2,18,22)(H,19,23)(H,20,29)(H,24,25)(H,30,31)/t6-,7-,8-,9+,13+,14+,15+/m0/s1. The van der Waals surface area contributed by atoms with Gasteiger partial charge in [0.2, 0.25) is 17.7 Å². The molecule has 0 aliphatic carbocycles. The van der Waals surface area contributed by atoms with Crippen molar-refractivity contribution in [1.29, 1.82) is 0 Å². The molecule has 0 saturated carbocycles. The van der Waals surface area contributed by atoms with Crippen molar-refractivity contribution in [2.75, 3.05) is 6.61 Å². The van der Waals surface area contributed by atoms with Crippen LogP contribution < -0.4 is 16.4 Å². The third kappa shape index (κ3) is 8.01. The topological polar surface area (TPSA) is 266 Å². The first-order chi connectivity index (χ1) is 14.9. The van der Waals surface area contributed by atoms with Gasteiger partial charge < -0.3 is 51.7 Å². The lowest BCUT2D eigenvalue weighted by Crippen LogP contribution is -2.59. The summed E-state index contributed by atoms with van der Waals surface area (Å²) < 4.78 is 5.19. The second-order valence-corrected chi connectivity index (χ2v) is 7.19. The Kier molecular flexibility index (Phi) is 10.4. The number of aliphatic hydroxyl groups excluding tert-OH is 4. The summed E-state index contributed by atoms with van der Waals surface area (Å²) in [5.74, 6) is -5.95. The average molecular weight is 465 g/mol. The van der Waals surface area contributed by atoms with E-state index < -0.39 is 105 Å². The van der Waals surface area contributed by atoms with Crippen molar-refractivity contribution in [3.63, 3.8) is 0 Å². The van der Waals surface area contributed by atoms with Crippen LogP contribution >= 0.6 is 0 Å². The van der Waals surface area contributed by atoms with Gasteiger partial charge in [0.15, 0.2) is 0 Å². The number of nitrogens with one attached hydrogen (secondary N) is 2. The SMILES string of the molecule is NC(=O)C[C@H](NC(=O)[C@H](CCC(=O)O)NC(=O)C[C@@H]1O[C@H](CO)[C@@H](O)[C@H](O)[C@@H]1O)C(=O)O. The molecular formula is C17H27N3O12. The van der Waals surface area contributed by atoms with Crippen molar-refractivity contribution < 1.29 is 59.3 Å². The van der Waals surface area contributed by atoms with Crippen molar-refractivity contribution in [1.82, 2.24) is 10.6 Å². The Hall–Kier alpha value is -2.85. The van der Waals surface area contributed by atoms with Crippen LogP contribution in [0.2, 0.25) is 0 Å². The van der Waals surface area contributed by atoms with Gasteiger partial charge in [0, 0.05) is 6.42 Å². The number of carbonyl (C=O) groups is 5. The second kappa shape index (κ2) is 12.3. The molecule has 0 aromatic rings. The zero-order valence-electron chi connectivity index (χ0n) is 16.8. The zero-order chi connectivity index (χ0) is 24.6. The Morgan fingerprint density at radius 1 is 0.906 bits per heavy atom. The Morgan fingerprint density at radius 2 is 1.50 bits per heavy atom. The number of rotatable bonds is 12. The smallest absolute Gasteiger partial charge is 0.326 e. The number of primary amides is 1. The fraction of sp³-hybridized carbons (Fsp3) is 0.706. The van der Waals surface area contributed by atoms with E-state index in [0.717, 1.165) is 0 Å². The number of hydrogen-bond donors (Lipinski definition) is 9. The number of hydrogen-bond acceptors (Lipinski definition) is 10. The van der Waals surface area contributed by atoms with Gasteiger partial charge in [0.05, 0.1) is 25.6 Å². The molecule has 0 unspecified atom stereocenters. The van der Waals surface area contributed by atoms with Gasteiger partial charge in [0.1, 0.15) is 36.5 Å². The molecule has 1 rings (SSSR count). The number of nitrogens with two attached hydrogens (primary N) is 1. The highest BCUT2D eigenvalue weighted by Gasteiger charge is 2.44. The van der Waals surface area contributed by atoms with Crippen molar-refractivity contribution in [3.8, 4) is 0 Å². The molecule has 0 bridgehead atoms. The van der Waals surface area contributed by atoms with Crippen molar-refractivity contribution in [2.45, 2.75) is 68.3 Å². The highest BCUT2D eigenvalue weighted by Crippen LogP contribution is 2.23. The molecule has 15 nitrogen and oxygen atoms in total. The fourth-order valence-electron chi connectivity index (χ4n) is 2.99. The van der Waals surface area contributed by atoms with E-state index in [2.05, 4.69) is 5.32 Å². The van der Waals surface area contributed by atoms with Crippen LogP contribution in [0.5, 0.6) is 0 Å². The third-order valence-corrected chi connectivity index (χ3v) is 4.70. The lowest BCUT2D eigenvalue weighted by molar-refractivity contribution is -0.229. The Bertz CT molecular complexity index is 715. The van der Waals surface area contributed by atoms with Crippen LogP contribution in [0.1, 0.15) is 25.7 Å². The summed E-state index contributed by atoms with van der Waals surface area (Å²) in [6, 6.07) is -3.24. The highest BCUT2D eigenvalue weighted by atomic mass is 16.5. The van der Waals surface area contributed by atoms with Crippen LogP contribution in [0.4, 0.5) is 0 Å². The number of ether oxygens (including phenoxy) is 1. The van der Waals surface area contributed by atoms with Crippen LogP contribution in [0.15, 0.2) is 0 Å². The first-order valence-electron chi connectivity index (χ1n) is 9.50. The number of aliphatic hydroxyl groups is 4. The van der Waals surface area contributed by atoms with Crippen molar-refractivity contribution in [2.24, 2.45) is 5.73 Å². The summed E-state index contributed by atoms with van der Waals surface area (Å²) in [6.07, 6.45) is -10.1. The summed E-state index contributed by atoms with van der Waals surface area (Å²) in [6.45, 7) is -0.719. The zero-order valence-corrected chi connectivity index (χ0v) is 16.8. The largest absolute Gasteiger partial charge is 0.481 e. The van der Waals surface area contributed by atoms with Gasteiger partial charge in [-0.1, -0.05) is 0 Å². The molecule has 1 saturated heterocycles. The predicted octanol–water partition coefficient (Wildman–Crippen LogP) is -4.99. The van der Waals surface area contributed by atoms with E-state index in [9.17, 15) is 44.4 Å². The van der Waals surface area contributed by atoms with Gasteiger partial charge in [0.25, 0.3) is 0 Å². The van der Waals surface area contributed by atoms with Gasteiger partial charge >= 0.3 is 11.9 Å². The van der Waals surface area contributed by atoms with E-state index in [0.29, 0.717) is 0 Å². The summed E-state index contributed by atoms with van der Waals surface area (Å²) in [4.78, 5) is 57.8. The van der Waals surface area contributed by atoms with Crippen LogP contribution in [-0.2, 0) is 28.7 Å². The molecule has 15 heteroatoms. The molecule has 1 fully saturated rings. The maximum Gasteiger partial charge on any atom is 0.326 e. The molecule has 7 atom stereocenters. The summed E-state index contributed by atoms with van der Waals surface area (Å²) in [7, 11) is 0. The van der Waals surface area contributed by atoms with Crippen LogP contribution in [0.25, 0.3) is 0 Å². The first-order valence-corrected chi connectivity index (χ1v) is 9.50. The third-order valence-electron chi connectivity index (χ3n) is 4.70. The molecule has 0 aromatic heterocycles. The van der Waals surface area contributed by atoms with Crippen molar-refractivity contribution in [3.05, 3.63) is 0 Å². The van der Waals surface area contributed by atoms with Crippen LogP contribution in [-0.4, -0.2) is 110 Å². The minimum atomic E-state index is -1.73. The van der Waals surface area contributed by atoms with Gasteiger partial charge in [-0.2, -0.15) is 0 Å². The molecule has 0 radical (unpaired) electrons. The maximum absolute atomic E-state index is 12.4. The molecule has 32 heavy (non-hydrogen) atoms. The van der Waals surface area contributed by atoms with E-state index in [1.165, 1.54) is 0 Å². The molecule has 10 N–H and O–H groups in total. The molecule has 1 aliphatic heterocycles. The van der Waals surface area contributed by atoms with E-state index in [1.54, 1.807) is 0 Å². The van der Waals surface area contributed by atoms with Crippen LogP contribution in [0, 0.1) is 0 Å². The highest BCUT2D eigenvalue weighted by molar-refractivity contribution is 5.92. The molecule has 1 heterocycles. The number of carboxylic acid groups (broad SMARTS) is 2. The summed E-state index contributed by atoms with van der Waals surface area (Å²) in [5.41, 5.74) is 4.93. The minimum absolute atomic E-state index is 0.440. The number of amides is 3. The summed E-state index contributed by atoms with van der Waals surface area (Å²) in [5, 5.41) is 60.8. The maximum atomic E-state index is 12.4. The predicted molar refractivity (Wildman–Crippen MR) is 101 cm³/mol. The van der Waals surface area contributed by atoms with Gasteiger partial charge in [-0.15, -0.1) is 0 Å². The molecule has 1 aliphatic rings. The number of aliphatic carboxylic acids is 2. The Labute approximate surface area is 181 Å². The average Bonchev–Trinajstić information content (AvgIpc) is 2.70. The molecule has 0 spiro atoms.